The van der Waals surface area contributed by atoms with Crippen molar-refractivity contribution in [1.82, 2.24) is 14.9 Å². The van der Waals surface area contributed by atoms with E-state index in [0.717, 1.165) is 25.3 Å². The van der Waals surface area contributed by atoms with Crippen LogP contribution in [-0.4, -0.2) is 54.6 Å². The SMILES string of the molecule is CCOc1ccc(NC(=O)c2ccnc(NCCCN(C)C)n2)cc1. The highest BCUT2D eigenvalue weighted by molar-refractivity contribution is 6.02. The Balaban J connectivity index is 1.91. The van der Waals surface area contributed by atoms with Gasteiger partial charge in [-0.1, -0.05) is 0 Å². The Labute approximate surface area is 148 Å². The predicted molar refractivity (Wildman–Crippen MR) is 99.3 cm³/mol. The molecule has 1 amide bonds. The molecule has 7 heteroatoms. The van der Waals surface area contributed by atoms with Crippen molar-refractivity contribution in [3.63, 3.8) is 0 Å². The van der Waals surface area contributed by atoms with Crippen molar-refractivity contribution >= 4 is 17.5 Å². The Morgan fingerprint density at radius 2 is 1.96 bits per heavy atom. The second-order valence-corrected chi connectivity index (χ2v) is 5.76. The molecule has 25 heavy (non-hydrogen) atoms. The lowest BCUT2D eigenvalue weighted by atomic mass is 10.3. The van der Waals surface area contributed by atoms with Gasteiger partial charge in [-0.05, 0) is 64.3 Å². The average molecular weight is 343 g/mol. The Morgan fingerprint density at radius 1 is 1.20 bits per heavy atom. The van der Waals surface area contributed by atoms with Crippen molar-refractivity contribution in [2.75, 3.05) is 44.4 Å². The van der Waals surface area contributed by atoms with Crippen molar-refractivity contribution in [3.8, 4) is 5.75 Å². The van der Waals surface area contributed by atoms with Crippen LogP contribution in [0.2, 0.25) is 0 Å². The van der Waals surface area contributed by atoms with Gasteiger partial charge in [-0.15, -0.1) is 0 Å². The number of nitrogens with one attached hydrogen (secondary N) is 2. The lowest BCUT2D eigenvalue weighted by molar-refractivity contribution is 0.102. The fraction of sp³-hybridized carbons (Fsp3) is 0.389. The average Bonchev–Trinajstić information content (AvgIpc) is 2.61. The fourth-order valence-electron chi connectivity index (χ4n) is 2.16. The van der Waals surface area contributed by atoms with E-state index in [1.807, 2.05) is 33.2 Å². The largest absolute Gasteiger partial charge is 0.494 e. The molecule has 0 atom stereocenters. The summed E-state index contributed by atoms with van der Waals surface area (Å²) < 4.78 is 5.38. The van der Waals surface area contributed by atoms with Crippen LogP contribution in [0.5, 0.6) is 5.75 Å². The highest BCUT2D eigenvalue weighted by Crippen LogP contribution is 2.16. The first-order valence-electron chi connectivity index (χ1n) is 8.34. The van der Waals surface area contributed by atoms with Crippen LogP contribution in [0.1, 0.15) is 23.8 Å². The number of rotatable bonds is 9. The van der Waals surface area contributed by atoms with E-state index in [2.05, 4.69) is 25.5 Å². The van der Waals surface area contributed by atoms with E-state index >= 15 is 0 Å². The fourth-order valence-corrected chi connectivity index (χ4v) is 2.16. The van der Waals surface area contributed by atoms with Gasteiger partial charge < -0.3 is 20.3 Å². The van der Waals surface area contributed by atoms with Crippen LogP contribution < -0.4 is 15.4 Å². The van der Waals surface area contributed by atoms with Crippen molar-refractivity contribution < 1.29 is 9.53 Å². The van der Waals surface area contributed by atoms with Crippen LogP contribution >= 0.6 is 0 Å². The Hall–Kier alpha value is -2.67. The first-order chi connectivity index (χ1) is 12.1. The third-order valence-electron chi connectivity index (χ3n) is 3.38. The molecule has 0 aliphatic carbocycles. The predicted octanol–water partition coefficient (Wildman–Crippen LogP) is 2.49. The van der Waals surface area contributed by atoms with Gasteiger partial charge in [0, 0.05) is 18.4 Å². The van der Waals surface area contributed by atoms with Crippen LogP contribution in [0.25, 0.3) is 0 Å². The smallest absolute Gasteiger partial charge is 0.274 e. The van der Waals surface area contributed by atoms with Crippen molar-refractivity contribution in [1.29, 1.82) is 0 Å². The zero-order valence-corrected chi connectivity index (χ0v) is 15.0. The zero-order valence-electron chi connectivity index (χ0n) is 15.0. The third kappa shape index (κ3) is 6.39. The molecule has 0 fully saturated rings. The molecule has 7 nitrogen and oxygen atoms in total. The lowest BCUT2D eigenvalue weighted by Gasteiger charge is -2.10. The summed E-state index contributed by atoms with van der Waals surface area (Å²) in [6, 6.07) is 8.82. The molecule has 134 valence electrons. The van der Waals surface area contributed by atoms with Gasteiger partial charge in [-0.3, -0.25) is 4.79 Å². The molecule has 0 aliphatic rings. The Kier molecular flexibility index (Phi) is 7.16. The van der Waals surface area contributed by atoms with E-state index in [9.17, 15) is 4.79 Å². The molecule has 1 heterocycles. The molecule has 0 unspecified atom stereocenters. The second-order valence-electron chi connectivity index (χ2n) is 5.76. The second kappa shape index (κ2) is 9.58. The van der Waals surface area contributed by atoms with Gasteiger partial charge in [-0.2, -0.15) is 0 Å². The van der Waals surface area contributed by atoms with E-state index in [1.165, 1.54) is 0 Å². The van der Waals surface area contributed by atoms with Crippen LogP contribution in [0, 0.1) is 0 Å². The molecule has 2 rings (SSSR count). The molecule has 0 bridgehead atoms. The first-order valence-corrected chi connectivity index (χ1v) is 8.34. The molecular formula is C18H25N5O2. The number of aromatic nitrogens is 2. The maximum Gasteiger partial charge on any atom is 0.274 e. The minimum Gasteiger partial charge on any atom is -0.494 e. The molecule has 0 aliphatic heterocycles. The maximum atomic E-state index is 12.3. The van der Waals surface area contributed by atoms with Crippen LogP contribution in [-0.2, 0) is 0 Å². The molecule has 1 aromatic heterocycles. The van der Waals surface area contributed by atoms with Crippen molar-refractivity contribution in [3.05, 3.63) is 42.2 Å². The van der Waals surface area contributed by atoms with Crippen molar-refractivity contribution in [2.24, 2.45) is 0 Å². The number of carbonyl (C=O) groups is 1. The van der Waals surface area contributed by atoms with E-state index in [0.29, 0.717) is 23.9 Å². The van der Waals surface area contributed by atoms with Gasteiger partial charge in [0.25, 0.3) is 5.91 Å². The standard InChI is InChI=1S/C18H25N5O2/c1-4-25-15-8-6-14(7-9-15)21-17(24)16-10-12-20-18(22-16)19-11-5-13-23(2)3/h6-10,12H,4-5,11,13H2,1-3H3,(H,21,24)(H,19,20,22). The summed E-state index contributed by atoms with van der Waals surface area (Å²) in [5.41, 5.74) is 1.01. The van der Waals surface area contributed by atoms with Gasteiger partial charge in [0.15, 0.2) is 0 Å². The normalized spacial score (nSPS) is 10.6. The minimum atomic E-state index is -0.275. The Morgan fingerprint density at radius 3 is 2.64 bits per heavy atom. The van der Waals surface area contributed by atoms with E-state index < -0.39 is 0 Å². The molecular weight excluding hydrogens is 318 g/mol. The highest BCUT2D eigenvalue weighted by Gasteiger charge is 2.09. The van der Waals surface area contributed by atoms with Crippen LogP contribution in [0.3, 0.4) is 0 Å². The summed E-state index contributed by atoms with van der Waals surface area (Å²) in [4.78, 5) is 22.8. The number of anilines is 2. The lowest BCUT2D eigenvalue weighted by Crippen LogP contribution is -2.18. The molecule has 1 aromatic carbocycles. The van der Waals surface area contributed by atoms with Gasteiger partial charge >= 0.3 is 0 Å². The van der Waals surface area contributed by atoms with Crippen LogP contribution in [0.4, 0.5) is 11.6 Å². The molecule has 0 spiro atoms. The summed E-state index contributed by atoms with van der Waals surface area (Å²) in [6.07, 6.45) is 2.55. The number of hydrogen-bond donors (Lipinski definition) is 2. The zero-order chi connectivity index (χ0) is 18.1. The van der Waals surface area contributed by atoms with E-state index in [1.54, 1.807) is 24.4 Å². The molecule has 0 radical (unpaired) electrons. The van der Waals surface area contributed by atoms with E-state index in [4.69, 9.17) is 4.74 Å². The maximum absolute atomic E-state index is 12.3. The molecule has 0 saturated heterocycles. The van der Waals surface area contributed by atoms with Crippen LogP contribution in [0.15, 0.2) is 36.5 Å². The third-order valence-corrected chi connectivity index (χ3v) is 3.38. The topological polar surface area (TPSA) is 79.4 Å². The minimum absolute atomic E-state index is 0.275. The van der Waals surface area contributed by atoms with Crippen molar-refractivity contribution in [2.45, 2.75) is 13.3 Å². The van der Waals surface area contributed by atoms with Gasteiger partial charge in [0.2, 0.25) is 5.95 Å². The molecule has 2 N–H and O–H groups in total. The summed E-state index contributed by atoms with van der Waals surface area (Å²) in [5, 5.41) is 5.95. The Bertz CT molecular complexity index is 673. The number of carbonyl (C=O) groups excluding carboxylic acids is 1. The van der Waals surface area contributed by atoms with E-state index in [-0.39, 0.29) is 5.91 Å². The summed E-state index contributed by atoms with van der Waals surface area (Å²) in [6.45, 7) is 4.26. The number of nitrogens with zero attached hydrogens (tertiary/aromatic N) is 3. The van der Waals surface area contributed by atoms with Gasteiger partial charge in [0.1, 0.15) is 11.4 Å². The summed E-state index contributed by atoms with van der Waals surface area (Å²) in [5.74, 6) is 0.952. The summed E-state index contributed by atoms with van der Waals surface area (Å²) >= 11 is 0. The van der Waals surface area contributed by atoms with Gasteiger partial charge in [-0.25, -0.2) is 9.97 Å². The quantitative estimate of drug-likeness (QED) is 0.681. The molecule has 0 saturated carbocycles. The number of benzene rings is 1. The number of ether oxygens (including phenoxy) is 1. The first kappa shape index (κ1) is 18.7. The summed E-state index contributed by atoms with van der Waals surface area (Å²) in [7, 11) is 4.06. The number of hydrogen-bond acceptors (Lipinski definition) is 6. The highest BCUT2D eigenvalue weighted by atomic mass is 16.5. The monoisotopic (exact) mass is 343 g/mol. The molecule has 2 aromatic rings. The number of amides is 1. The van der Waals surface area contributed by atoms with Gasteiger partial charge in [0.05, 0.1) is 6.61 Å².